The van der Waals surface area contributed by atoms with Gasteiger partial charge in [0.25, 0.3) is 5.91 Å². The monoisotopic (exact) mass is 465 g/mol. The molecule has 1 heterocycles. The lowest BCUT2D eigenvalue weighted by atomic mass is 10.1. The van der Waals surface area contributed by atoms with Gasteiger partial charge < -0.3 is 15.4 Å². The summed E-state index contributed by atoms with van der Waals surface area (Å²) in [6, 6.07) is 12.7. The van der Waals surface area contributed by atoms with Crippen molar-refractivity contribution in [2.75, 3.05) is 35.6 Å². The van der Waals surface area contributed by atoms with Gasteiger partial charge in [-0.25, -0.2) is 8.42 Å². The van der Waals surface area contributed by atoms with Crippen molar-refractivity contribution in [3.63, 3.8) is 0 Å². The summed E-state index contributed by atoms with van der Waals surface area (Å²) in [5, 5.41) is 5.91. The molecular weight excluding hydrogens is 442 g/mol. The average Bonchev–Trinajstić information content (AvgIpc) is 3.24. The zero-order valence-corrected chi connectivity index (χ0v) is 18.6. The molecule has 1 aliphatic heterocycles. The normalized spacial score (nSPS) is 16.0. The van der Waals surface area contributed by atoms with Crippen LogP contribution in [0, 0.1) is 0 Å². The van der Waals surface area contributed by atoms with Crippen molar-refractivity contribution < 1.29 is 22.7 Å². The van der Waals surface area contributed by atoms with Gasteiger partial charge in [0.15, 0.2) is 0 Å². The Labute approximate surface area is 186 Å². The molecule has 2 aromatic rings. The second kappa shape index (κ2) is 10.1. The first-order valence-electron chi connectivity index (χ1n) is 9.76. The number of benzene rings is 2. The van der Waals surface area contributed by atoms with E-state index in [9.17, 15) is 18.0 Å². The smallest absolute Gasteiger partial charge is 0.253 e. The Kier molecular flexibility index (Phi) is 7.53. The first-order chi connectivity index (χ1) is 14.7. The van der Waals surface area contributed by atoms with E-state index in [2.05, 4.69) is 10.6 Å². The number of hydrogen-bond acceptors (Lipinski definition) is 5. The number of hydrogen-bond donors (Lipinski definition) is 2. The van der Waals surface area contributed by atoms with Gasteiger partial charge in [-0.2, -0.15) is 0 Å². The minimum Gasteiger partial charge on any atom is -0.376 e. The topological polar surface area (TPSA) is 105 Å². The zero-order chi connectivity index (χ0) is 22.4. The number of sulfonamides is 1. The van der Waals surface area contributed by atoms with E-state index in [0.717, 1.165) is 23.4 Å². The second-order valence-corrected chi connectivity index (χ2v) is 9.53. The SMILES string of the molecule is CS(=O)(=O)N(CC(=O)Nc1ccccc1C(=O)NC[C@@H]1CCCO1)c1ccc(Cl)cc1. The molecule has 0 aliphatic carbocycles. The number of para-hydroxylation sites is 1. The molecule has 3 rings (SSSR count). The van der Waals surface area contributed by atoms with E-state index in [-0.39, 0.29) is 17.6 Å². The van der Waals surface area contributed by atoms with Crippen LogP contribution in [0.4, 0.5) is 11.4 Å². The molecule has 1 fully saturated rings. The van der Waals surface area contributed by atoms with E-state index >= 15 is 0 Å². The molecule has 2 amide bonds. The first kappa shape index (κ1) is 23.1. The fourth-order valence-corrected chi connectivity index (χ4v) is 4.21. The lowest BCUT2D eigenvalue weighted by molar-refractivity contribution is -0.114. The molecule has 8 nitrogen and oxygen atoms in total. The van der Waals surface area contributed by atoms with Crippen molar-refractivity contribution in [1.29, 1.82) is 0 Å². The lowest BCUT2D eigenvalue weighted by Gasteiger charge is -2.22. The number of nitrogens with zero attached hydrogens (tertiary/aromatic N) is 1. The molecule has 0 spiro atoms. The molecule has 0 unspecified atom stereocenters. The highest BCUT2D eigenvalue weighted by molar-refractivity contribution is 7.92. The van der Waals surface area contributed by atoms with Gasteiger partial charge in [-0.3, -0.25) is 13.9 Å². The largest absolute Gasteiger partial charge is 0.376 e. The Morgan fingerprint density at radius 3 is 2.52 bits per heavy atom. The van der Waals surface area contributed by atoms with Gasteiger partial charge in [-0.05, 0) is 49.2 Å². The molecule has 1 atom stereocenters. The van der Waals surface area contributed by atoms with Crippen molar-refractivity contribution in [3.05, 3.63) is 59.1 Å². The summed E-state index contributed by atoms with van der Waals surface area (Å²) < 4.78 is 30.9. The second-order valence-electron chi connectivity index (χ2n) is 7.18. The van der Waals surface area contributed by atoms with E-state index in [1.807, 2.05) is 0 Å². The highest BCUT2D eigenvalue weighted by atomic mass is 35.5. The van der Waals surface area contributed by atoms with E-state index < -0.39 is 22.5 Å². The summed E-state index contributed by atoms with van der Waals surface area (Å²) >= 11 is 5.86. The maximum Gasteiger partial charge on any atom is 0.253 e. The van der Waals surface area contributed by atoms with Crippen LogP contribution in [-0.2, 0) is 19.6 Å². The highest BCUT2D eigenvalue weighted by Crippen LogP contribution is 2.21. The number of carbonyl (C=O) groups excluding carboxylic acids is 2. The molecule has 0 saturated carbocycles. The molecule has 1 saturated heterocycles. The average molecular weight is 466 g/mol. The van der Waals surface area contributed by atoms with Gasteiger partial charge in [0.1, 0.15) is 6.54 Å². The van der Waals surface area contributed by atoms with Gasteiger partial charge in [0.2, 0.25) is 15.9 Å². The molecule has 0 aromatic heterocycles. The maximum absolute atomic E-state index is 12.7. The maximum atomic E-state index is 12.7. The predicted octanol–water partition coefficient (Wildman–Crippen LogP) is 2.65. The predicted molar refractivity (Wildman–Crippen MR) is 120 cm³/mol. The molecule has 1 aliphatic rings. The van der Waals surface area contributed by atoms with Crippen LogP contribution < -0.4 is 14.9 Å². The number of nitrogens with one attached hydrogen (secondary N) is 2. The summed E-state index contributed by atoms with van der Waals surface area (Å²) in [6.07, 6.45) is 2.87. The molecule has 10 heteroatoms. The van der Waals surface area contributed by atoms with Crippen molar-refractivity contribution in [3.8, 4) is 0 Å². The van der Waals surface area contributed by atoms with Gasteiger partial charge >= 0.3 is 0 Å². The van der Waals surface area contributed by atoms with Crippen molar-refractivity contribution in [2.45, 2.75) is 18.9 Å². The number of amides is 2. The van der Waals surface area contributed by atoms with E-state index in [0.29, 0.717) is 29.5 Å². The van der Waals surface area contributed by atoms with Crippen molar-refractivity contribution >= 4 is 44.8 Å². The minimum absolute atomic E-state index is 0.00611. The molecule has 0 radical (unpaired) electrons. The third-order valence-corrected chi connectivity index (χ3v) is 6.15. The van der Waals surface area contributed by atoms with Crippen molar-refractivity contribution in [1.82, 2.24) is 5.32 Å². The molecule has 2 N–H and O–H groups in total. The van der Waals surface area contributed by atoms with Gasteiger partial charge in [-0.1, -0.05) is 23.7 Å². The van der Waals surface area contributed by atoms with E-state index in [4.69, 9.17) is 16.3 Å². The quantitative estimate of drug-likeness (QED) is 0.623. The van der Waals surface area contributed by atoms with Crippen LogP contribution in [-0.4, -0.2) is 52.3 Å². The minimum atomic E-state index is -3.73. The summed E-state index contributed by atoms with van der Waals surface area (Å²) in [5.74, 6) is -0.927. The van der Waals surface area contributed by atoms with E-state index in [1.54, 1.807) is 36.4 Å². The van der Waals surface area contributed by atoms with Crippen LogP contribution in [0.5, 0.6) is 0 Å². The number of ether oxygens (including phenoxy) is 1. The highest BCUT2D eigenvalue weighted by Gasteiger charge is 2.22. The Hall–Kier alpha value is -2.62. The number of halogens is 1. The Balaban J connectivity index is 1.70. The fraction of sp³-hybridized carbons (Fsp3) is 0.333. The Morgan fingerprint density at radius 2 is 1.87 bits per heavy atom. The van der Waals surface area contributed by atoms with Crippen LogP contribution >= 0.6 is 11.6 Å². The van der Waals surface area contributed by atoms with Gasteiger partial charge in [0.05, 0.1) is 29.3 Å². The Morgan fingerprint density at radius 1 is 1.16 bits per heavy atom. The number of rotatable bonds is 8. The van der Waals surface area contributed by atoms with Crippen LogP contribution in [0.1, 0.15) is 23.2 Å². The summed E-state index contributed by atoms with van der Waals surface area (Å²) in [4.78, 5) is 25.3. The zero-order valence-electron chi connectivity index (χ0n) is 17.0. The van der Waals surface area contributed by atoms with Crippen molar-refractivity contribution in [2.24, 2.45) is 0 Å². The van der Waals surface area contributed by atoms with Gasteiger partial charge in [0, 0.05) is 18.2 Å². The Bertz CT molecular complexity index is 1040. The molecule has 0 bridgehead atoms. The molecule has 166 valence electrons. The van der Waals surface area contributed by atoms with Crippen LogP contribution in [0.3, 0.4) is 0 Å². The van der Waals surface area contributed by atoms with Crippen LogP contribution in [0.2, 0.25) is 5.02 Å². The summed E-state index contributed by atoms with van der Waals surface area (Å²) in [6.45, 7) is 0.628. The van der Waals surface area contributed by atoms with Gasteiger partial charge in [-0.15, -0.1) is 0 Å². The summed E-state index contributed by atoms with van der Waals surface area (Å²) in [7, 11) is -3.73. The molecule has 2 aromatic carbocycles. The van der Waals surface area contributed by atoms with E-state index in [1.165, 1.54) is 12.1 Å². The molecule has 31 heavy (non-hydrogen) atoms. The van der Waals surface area contributed by atoms with Crippen LogP contribution in [0.15, 0.2) is 48.5 Å². The third-order valence-electron chi connectivity index (χ3n) is 4.76. The fourth-order valence-electron chi connectivity index (χ4n) is 3.22. The molecular formula is C21H24ClN3O5S. The lowest BCUT2D eigenvalue weighted by Crippen LogP contribution is -2.38. The number of carbonyl (C=O) groups is 2. The van der Waals surface area contributed by atoms with Crippen LogP contribution in [0.25, 0.3) is 0 Å². The number of anilines is 2. The summed E-state index contributed by atoms with van der Waals surface area (Å²) in [5.41, 5.74) is 0.887. The standard InChI is InChI=1S/C21H24ClN3O5S/c1-31(28,29)25(16-10-8-15(22)9-11-16)14-20(26)24-19-7-3-2-6-18(19)21(27)23-13-17-5-4-12-30-17/h2-3,6-11,17H,4-5,12-14H2,1H3,(H,23,27)(H,24,26)/t17-/m0/s1. The first-order valence-corrected chi connectivity index (χ1v) is 12.0. The third kappa shape index (κ3) is 6.43.